The van der Waals surface area contributed by atoms with Gasteiger partial charge in [-0.2, -0.15) is 0 Å². The first-order valence-corrected chi connectivity index (χ1v) is 15.8. The van der Waals surface area contributed by atoms with E-state index in [1.165, 1.54) is 11.3 Å². The molecule has 2 aromatic carbocycles. The van der Waals surface area contributed by atoms with Crippen molar-refractivity contribution in [2.24, 2.45) is 0 Å². The smallest absolute Gasteiger partial charge is 0.253 e. The zero-order valence-electron chi connectivity index (χ0n) is 21.1. The molecule has 1 aliphatic heterocycles. The van der Waals surface area contributed by atoms with E-state index in [1.807, 2.05) is 48.3 Å². The highest BCUT2D eigenvalue weighted by Crippen LogP contribution is 2.36. The summed E-state index contributed by atoms with van der Waals surface area (Å²) < 4.78 is 55.1. The summed E-state index contributed by atoms with van der Waals surface area (Å²) in [4.78, 5) is 21.4. The lowest BCUT2D eigenvalue weighted by atomic mass is 10.0. The van der Waals surface area contributed by atoms with E-state index >= 15 is 0 Å². The van der Waals surface area contributed by atoms with Crippen LogP contribution >= 0.6 is 11.3 Å². The Bertz CT molecular complexity index is 1630. The van der Waals surface area contributed by atoms with Crippen LogP contribution in [-0.4, -0.2) is 87.6 Å². The number of benzene rings is 2. The van der Waals surface area contributed by atoms with Gasteiger partial charge in [0.05, 0.1) is 16.8 Å². The Morgan fingerprint density at radius 1 is 1.13 bits per heavy atom. The van der Waals surface area contributed by atoms with Gasteiger partial charge in [-0.3, -0.25) is 9.00 Å². The number of likely N-dealkylation sites (N-methyl/N-ethyl adjacent to an activating group) is 1. The van der Waals surface area contributed by atoms with Gasteiger partial charge in [0.25, 0.3) is 5.91 Å². The van der Waals surface area contributed by atoms with Gasteiger partial charge in [0.1, 0.15) is 5.01 Å². The van der Waals surface area contributed by atoms with Gasteiger partial charge in [-0.25, -0.2) is 18.1 Å². The Kier molecular flexibility index (Phi) is 7.89. The molecule has 1 fully saturated rings. The van der Waals surface area contributed by atoms with Gasteiger partial charge in [0, 0.05) is 49.3 Å². The minimum atomic E-state index is -3.75. The van der Waals surface area contributed by atoms with Gasteiger partial charge in [0.15, 0.2) is 15.1 Å². The second-order valence-corrected chi connectivity index (χ2v) is 13.2. The van der Waals surface area contributed by atoms with E-state index in [0.29, 0.717) is 24.2 Å². The Labute approximate surface area is 231 Å². The summed E-state index contributed by atoms with van der Waals surface area (Å²) >= 11 is -1.34. The van der Waals surface area contributed by atoms with Crippen LogP contribution in [0, 0.1) is 0 Å². The third kappa shape index (κ3) is 6.23. The Hall–Kier alpha value is -3.08. The highest BCUT2D eigenvalue weighted by molar-refractivity contribution is 7.91. The fourth-order valence-electron chi connectivity index (χ4n) is 4.27. The normalized spacial score (nSPS) is 16.4. The highest BCUT2D eigenvalue weighted by Gasteiger charge is 2.34. The minimum absolute atomic E-state index is 0.0188. The summed E-state index contributed by atoms with van der Waals surface area (Å²) in [6.07, 6.45) is 1.05. The first kappa shape index (κ1) is 27.5. The van der Waals surface area contributed by atoms with Gasteiger partial charge in [-0.15, -0.1) is 21.5 Å². The molecule has 0 spiro atoms. The maximum Gasteiger partial charge on any atom is 0.253 e. The standard InChI is InChI=1S/C24H26N6O6S3/c1-29-9-11-30(12-10-29)24(31)16-5-3-15(4-6-16)17-7-8-18-19(13-17)37-23(26-18)21(39(2,34)35)22-28-27-20(36-22)14-25-38(32)33/h3-8,13,21,25H,9-12,14H2,1-2H3,(H,32,33)/p-1. The number of rotatable bonds is 8. The van der Waals surface area contributed by atoms with Crippen LogP contribution in [0.15, 0.2) is 46.9 Å². The molecule has 0 bridgehead atoms. The van der Waals surface area contributed by atoms with Crippen LogP contribution < -0.4 is 4.72 Å². The van der Waals surface area contributed by atoms with E-state index in [9.17, 15) is 22.0 Å². The van der Waals surface area contributed by atoms with Gasteiger partial charge in [-0.05, 0) is 42.4 Å². The lowest BCUT2D eigenvalue weighted by molar-refractivity contribution is 0.0664. The molecule has 15 heteroatoms. The maximum absolute atomic E-state index is 12.9. The van der Waals surface area contributed by atoms with Crippen LogP contribution in [0.3, 0.4) is 0 Å². The van der Waals surface area contributed by atoms with Crippen LogP contribution in [0.4, 0.5) is 0 Å². The van der Waals surface area contributed by atoms with Crippen molar-refractivity contribution in [2.75, 3.05) is 39.5 Å². The number of carbonyl (C=O) groups excluding carboxylic acids is 1. The van der Waals surface area contributed by atoms with Crippen LogP contribution in [0.25, 0.3) is 21.3 Å². The first-order chi connectivity index (χ1) is 18.6. The topological polar surface area (TPSA) is 162 Å². The predicted molar refractivity (Wildman–Crippen MR) is 145 cm³/mol. The molecule has 0 aliphatic carbocycles. The van der Waals surface area contributed by atoms with Gasteiger partial charge in [-0.1, -0.05) is 18.2 Å². The van der Waals surface area contributed by atoms with E-state index in [2.05, 4.69) is 24.8 Å². The summed E-state index contributed by atoms with van der Waals surface area (Å²) in [5.41, 5.74) is 3.05. The second-order valence-electron chi connectivity index (χ2n) is 9.21. The molecular formula is C24H25N6O6S3-. The number of sulfone groups is 1. The average Bonchev–Trinajstić information content (AvgIpc) is 3.53. The van der Waals surface area contributed by atoms with Crippen molar-refractivity contribution < 1.29 is 26.4 Å². The summed E-state index contributed by atoms with van der Waals surface area (Å²) in [7, 11) is -1.71. The number of amides is 1. The Morgan fingerprint density at radius 2 is 1.82 bits per heavy atom. The van der Waals surface area contributed by atoms with Crippen LogP contribution in [-0.2, 0) is 27.6 Å². The molecule has 0 saturated carbocycles. The van der Waals surface area contributed by atoms with Crippen molar-refractivity contribution in [3.63, 3.8) is 0 Å². The number of nitrogens with zero attached hydrogens (tertiary/aromatic N) is 5. The highest BCUT2D eigenvalue weighted by atomic mass is 32.2. The molecule has 1 N–H and O–H groups in total. The van der Waals surface area contributed by atoms with E-state index in [1.54, 1.807) is 6.07 Å². The van der Waals surface area contributed by atoms with Crippen molar-refractivity contribution in [2.45, 2.75) is 11.8 Å². The number of hydrogen-bond acceptors (Lipinski definition) is 11. The monoisotopic (exact) mass is 589 g/mol. The third-order valence-corrected chi connectivity index (χ3v) is 9.25. The van der Waals surface area contributed by atoms with Crippen molar-refractivity contribution in [3.8, 4) is 11.1 Å². The molecule has 2 unspecified atom stereocenters. The molecule has 0 radical (unpaired) electrons. The van der Waals surface area contributed by atoms with Crippen LogP contribution in [0.2, 0.25) is 0 Å². The molecule has 5 rings (SSSR count). The van der Waals surface area contributed by atoms with Gasteiger partial charge < -0.3 is 18.8 Å². The lowest BCUT2D eigenvalue weighted by Gasteiger charge is -2.32. The molecule has 3 heterocycles. The molecule has 1 aliphatic rings. The van der Waals surface area contributed by atoms with E-state index in [4.69, 9.17) is 4.42 Å². The number of fused-ring (bicyclic) bond motifs is 1. The van der Waals surface area contributed by atoms with Gasteiger partial charge >= 0.3 is 0 Å². The molecule has 4 aromatic rings. The number of aromatic nitrogens is 3. The molecule has 206 valence electrons. The van der Waals surface area contributed by atoms with Crippen LogP contribution in [0.5, 0.6) is 0 Å². The van der Waals surface area contributed by atoms with Crippen molar-refractivity contribution >= 4 is 48.6 Å². The molecular weight excluding hydrogens is 565 g/mol. The third-order valence-electron chi connectivity index (χ3n) is 6.36. The van der Waals surface area contributed by atoms with Crippen molar-refractivity contribution in [1.82, 2.24) is 29.7 Å². The van der Waals surface area contributed by atoms with Gasteiger partial charge in [0.2, 0.25) is 11.8 Å². The Morgan fingerprint density at radius 3 is 2.49 bits per heavy atom. The molecule has 39 heavy (non-hydrogen) atoms. The summed E-state index contributed by atoms with van der Waals surface area (Å²) in [5.74, 6) is -0.239. The van der Waals surface area contributed by atoms with E-state index in [-0.39, 0.29) is 29.2 Å². The second kappa shape index (κ2) is 11.2. The summed E-state index contributed by atoms with van der Waals surface area (Å²) in [5, 5.41) is 6.53. The Balaban J connectivity index is 1.39. The predicted octanol–water partition coefficient (Wildman–Crippen LogP) is 1.75. The molecule has 2 aromatic heterocycles. The molecule has 2 atom stereocenters. The van der Waals surface area contributed by atoms with E-state index in [0.717, 1.165) is 35.2 Å². The zero-order chi connectivity index (χ0) is 27.7. The SMILES string of the molecule is CN1CCN(C(=O)c2ccc(-c3ccc4nc(C(c5nnc(CNS(=O)[O-])o5)S(C)(=O)=O)sc4c3)cc2)CC1. The number of piperazine rings is 1. The van der Waals surface area contributed by atoms with Crippen LogP contribution in [0.1, 0.15) is 32.4 Å². The number of carbonyl (C=O) groups is 1. The largest absolute Gasteiger partial charge is 0.760 e. The zero-order valence-corrected chi connectivity index (χ0v) is 23.5. The summed E-state index contributed by atoms with van der Waals surface area (Å²) in [6.45, 7) is 2.87. The fourth-order valence-corrected chi connectivity index (χ4v) is 7.04. The number of hydrogen-bond donors (Lipinski definition) is 1. The minimum Gasteiger partial charge on any atom is -0.760 e. The molecule has 1 amide bonds. The number of thiazole rings is 1. The molecule has 12 nitrogen and oxygen atoms in total. The first-order valence-electron chi connectivity index (χ1n) is 11.9. The number of nitrogens with one attached hydrogen (secondary N) is 1. The van der Waals surface area contributed by atoms with Crippen molar-refractivity contribution in [3.05, 3.63) is 64.8 Å². The fraction of sp³-hybridized carbons (Fsp3) is 0.333. The lowest BCUT2D eigenvalue weighted by Crippen LogP contribution is -2.47. The molecule has 1 saturated heterocycles. The average molecular weight is 590 g/mol. The quantitative estimate of drug-likeness (QED) is 0.300. The summed E-state index contributed by atoms with van der Waals surface area (Å²) in [6, 6.07) is 13.0. The van der Waals surface area contributed by atoms with Crippen molar-refractivity contribution in [1.29, 1.82) is 0 Å². The maximum atomic E-state index is 12.9. The van der Waals surface area contributed by atoms with E-state index < -0.39 is 26.4 Å².